The Morgan fingerprint density at radius 2 is 2.00 bits per heavy atom. The zero-order valence-electron chi connectivity index (χ0n) is 17.9. The lowest BCUT2D eigenvalue weighted by atomic mass is 9.96. The number of aryl methyl sites for hydroxylation is 2. The van der Waals surface area contributed by atoms with E-state index in [0.29, 0.717) is 35.4 Å². The number of halogens is 1. The Bertz CT molecular complexity index is 1210. The Morgan fingerprint density at radius 3 is 2.81 bits per heavy atom. The summed E-state index contributed by atoms with van der Waals surface area (Å²) in [5, 5.41) is 14.9. The topological polar surface area (TPSA) is 103 Å². The fourth-order valence-electron chi connectivity index (χ4n) is 4.11. The normalized spacial score (nSPS) is 14.8. The van der Waals surface area contributed by atoms with Crippen molar-refractivity contribution in [3.05, 3.63) is 57.7 Å². The van der Waals surface area contributed by atoms with Gasteiger partial charge in [-0.05, 0) is 77.0 Å². The molecule has 0 amide bonds. The number of aliphatic hydroxyl groups is 1. The Balaban J connectivity index is 1.27. The van der Waals surface area contributed by atoms with Crippen molar-refractivity contribution in [2.45, 2.75) is 31.8 Å². The van der Waals surface area contributed by atoms with E-state index in [1.807, 2.05) is 6.07 Å². The first-order chi connectivity index (χ1) is 15.3. The summed E-state index contributed by atoms with van der Waals surface area (Å²) in [6.07, 6.45) is 5.08. The number of ether oxygens (including phenoxy) is 1. The van der Waals surface area contributed by atoms with Crippen LogP contribution in [0.3, 0.4) is 0 Å². The van der Waals surface area contributed by atoms with Gasteiger partial charge in [-0.3, -0.25) is 4.72 Å². The number of aliphatic hydroxyl groups excluding tert-OH is 1. The number of anilines is 1. The Labute approximate surface area is 196 Å². The van der Waals surface area contributed by atoms with Crippen molar-refractivity contribution in [3.63, 3.8) is 0 Å². The zero-order valence-corrected chi connectivity index (χ0v) is 20.4. The maximum Gasteiger partial charge on any atom is 0.229 e. The highest BCUT2D eigenvalue weighted by atomic mass is 79.9. The fourth-order valence-corrected chi connectivity index (χ4v) is 5.15. The molecule has 3 aromatic rings. The van der Waals surface area contributed by atoms with Crippen LogP contribution in [0.2, 0.25) is 0 Å². The summed E-state index contributed by atoms with van der Waals surface area (Å²) in [5.74, 6) is 0.822. The molecule has 172 valence electrons. The van der Waals surface area contributed by atoms with Gasteiger partial charge in [0.1, 0.15) is 12.4 Å². The molecule has 4 rings (SSSR count). The first kappa shape index (κ1) is 23.1. The van der Waals surface area contributed by atoms with Crippen LogP contribution < -0.4 is 14.8 Å². The van der Waals surface area contributed by atoms with E-state index in [-0.39, 0.29) is 0 Å². The molecule has 2 aromatic carbocycles. The van der Waals surface area contributed by atoms with Gasteiger partial charge < -0.3 is 20.1 Å². The van der Waals surface area contributed by atoms with Crippen molar-refractivity contribution in [2.24, 2.45) is 0 Å². The summed E-state index contributed by atoms with van der Waals surface area (Å²) in [5.41, 5.74) is 4.97. The molecule has 1 aromatic heterocycles. The predicted molar refractivity (Wildman–Crippen MR) is 131 cm³/mol. The van der Waals surface area contributed by atoms with Crippen molar-refractivity contribution in [1.29, 1.82) is 0 Å². The molecule has 0 unspecified atom stereocenters. The van der Waals surface area contributed by atoms with E-state index in [4.69, 9.17) is 4.74 Å². The van der Waals surface area contributed by atoms with E-state index in [0.717, 1.165) is 30.4 Å². The molecule has 1 aliphatic carbocycles. The van der Waals surface area contributed by atoms with Gasteiger partial charge in [0, 0.05) is 40.2 Å². The highest BCUT2D eigenvalue weighted by molar-refractivity contribution is 9.10. The van der Waals surface area contributed by atoms with Crippen LogP contribution in [0.25, 0.3) is 10.9 Å². The van der Waals surface area contributed by atoms with E-state index in [9.17, 15) is 13.5 Å². The van der Waals surface area contributed by atoms with Gasteiger partial charge in [0.15, 0.2) is 0 Å². The zero-order chi connectivity index (χ0) is 22.7. The smallest absolute Gasteiger partial charge is 0.229 e. The highest BCUT2D eigenvalue weighted by Gasteiger charge is 2.16. The van der Waals surface area contributed by atoms with E-state index < -0.39 is 16.1 Å². The van der Waals surface area contributed by atoms with Gasteiger partial charge in [-0.15, -0.1) is 0 Å². The van der Waals surface area contributed by atoms with E-state index in [1.165, 1.54) is 29.5 Å². The van der Waals surface area contributed by atoms with Crippen molar-refractivity contribution >= 4 is 42.5 Å². The maximum absolute atomic E-state index is 11.5. The van der Waals surface area contributed by atoms with Crippen molar-refractivity contribution in [3.8, 4) is 5.75 Å². The number of fused-ring (bicyclic) bond motifs is 3. The standard InChI is InChI=1S/C23H28BrN3O4S/c1-32(29,30)27-22-12-15(6-9-19(22)24)23(28)14-25-10-11-31-16-7-8-18-17-4-2-3-5-20(17)26-21(18)13-16/h6-9,12-13,23,25-28H,2-5,10-11,14H2,1H3/t23-/m0/s1. The molecular weight excluding hydrogens is 494 g/mol. The summed E-state index contributed by atoms with van der Waals surface area (Å²) in [6, 6.07) is 11.3. The lowest BCUT2D eigenvalue weighted by Gasteiger charge is -2.15. The lowest BCUT2D eigenvalue weighted by Crippen LogP contribution is -2.26. The van der Waals surface area contributed by atoms with Crippen LogP contribution in [0.5, 0.6) is 5.75 Å². The molecule has 0 bridgehead atoms. The monoisotopic (exact) mass is 521 g/mol. The number of hydrogen-bond acceptors (Lipinski definition) is 5. The van der Waals surface area contributed by atoms with Gasteiger partial charge in [0.2, 0.25) is 10.0 Å². The SMILES string of the molecule is CS(=O)(=O)Nc1cc([C@@H](O)CNCCOc2ccc3c4c([nH]c3c2)CCCC4)ccc1Br. The second-order valence-corrected chi connectivity index (χ2v) is 10.8. The molecule has 32 heavy (non-hydrogen) atoms. The average Bonchev–Trinajstić information content (AvgIpc) is 3.11. The van der Waals surface area contributed by atoms with Crippen molar-refractivity contribution < 1.29 is 18.3 Å². The second-order valence-electron chi connectivity index (χ2n) is 8.18. The molecular formula is C23H28BrN3O4S. The van der Waals surface area contributed by atoms with Gasteiger partial charge in [-0.1, -0.05) is 6.07 Å². The highest BCUT2D eigenvalue weighted by Crippen LogP contribution is 2.31. The number of H-pyrrole nitrogens is 1. The average molecular weight is 522 g/mol. The lowest BCUT2D eigenvalue weighted by molar-refractivity contribution is 0.172. The molecule has 0 spiro atoms. The Hall–Kier alpha value is -2.07. The third-order valence-electron chi connectivity index (χ3n) is 5.63. The predicted octanol–water partition coefficient (Wildman–Crippen LogP) is 3.88. The summed E-state index contributed by atoms with van der Waals surface area (Å²) < 4.78 is 31.9. The minimum absolute atomic E-state index is 0.325. The molecule has 0 saturated heterocycles. The van der Waals surface area contributed by atoms with Crippen LogP contribution in [0, 0.1) is 0 Å². The summed E-state index contributed by atoms with van der Waals surface area (Å²) >= 11 is 3.32. The van der Waals surface area contributed by atoms with Crippen LogP contribution in [0.4, 0.5) is 5.69 Å². The van der Waals surface area contributed by atoms with Crippen LogP contribution in [-0.4, -0.2) is 44.5 Å². The molecule has 9 heteroatoms. The summed E-state index contributed by atoms with van der Waals surface area (Å²) in [6.45, 7) is 1.37. The molecule has 0 aliphatic heterocycles. The first-order valence-corrected chi connectivity index (χ1v) is 13.4. The number of rotatable bonds is 9. The van der Waals surface area contributed by atoms with Gasteiger partial charge in [-0.2, -0.15) is 0 Å². The Morgan fingerprint density at radius 1 is 1.19 bits per heavy atom. The number of benzene rings is 2. The van der Waals surface area contributed by atoms with Crippen molar-refractivity contribution in [2.75, 3.05) is 30.7 Å². The third-order valence-corrected chi connectivity index (χ3v) is 6.91. The van der Waals surface area contributed by atoms with Gasteiger partial charge in [0.25, 0.3) is 0 Å². The second kappa shape index (κ2) is 9.82. The molecule has 7 nitrogen and oxygen atoms in total. The largest absolute Gasteiger partial charge is 0.492 e. The summed E-state index contributed by atoms with van der Waals surface area (Å²) in [4.78, 5) is 3.54. The minimum atomic E-state index is -3.40. The van der Waals surface area contributed by atoms with E-state index in [1.54, 1.807) is 18.2 Å². The van der Waals surface area contributed by atoms with Crippen LogP contribution in [-0.2, 0) is 22.9 Å². The van der Waals surface area contributed by atoms with Crippen LogP contribution >= 0.6 is 15.9 Å². The van der Waals surface area contributed by atoms with Crippen molar-refractivity contribution in [1.82, 2.24) is 10.3 Å². The Kier molecular flexibility index (Phi) is 7.09. The van der Waals surface area contributed by atoms with Gasteiger partial charge >= 0.3 is 0 Å². The number of sulfonamides is 1. The third kappa shape index (κ3) is 5.64. The molecule has 4 N–H and O–H groups in total. The van der Waals surface area contributed by atoms with Crippen LogP contribution in [0.15, 0.2) is 40.9 Å². The molecule has 1 heterocycles. The van der Waals surface area contributed by atoms with Gasteiger partial charge in [-0.25, -0.2) is 8.42 Å². The molecule has 0 radical (unpaired) electrons. The maximum atomic E-state index is 11.5. The van der Waals surface area contributed by atoms with Gasteiger partial charge in [0.05, 0.1) is 18.0 Å². The summed E-state index contributed by atoms with van der Waals surface area (Å²) in [7, 11) is -3.40. The van der Waals surface area contributed by atoms with E-state index >= 15 is 0 Å². The number of nitrogens with one attached hydrogen (secondary N) is 3. The fraction of sp³-hybridized carbons (Fsp3) is 0.391. The molecule has 1 atom stereocenters. The van der Waals surface area contributed by atoms with E-state index in [2.05, 4.69) is 43.1 Å². The number of aromatic amines is 1. The minimum Gasteiger partial charge on any atom is -0.492 e. The quantitative estimate of drug-likeness (QED) is 0.320. The molecule has 0 fully saturated rings. The number of aromatic nitrogens is 1. The molecule has 0 saturated carbocycles. The molecule has 1 aliphatic rings. The van der Waals surface area contributed by atoms with Crippen LogP contribution in [0.1, 0.15) is 35.8 Å². The number of hydrogen-bond donors (Lipinski definition) is 4. The first-order valence-electron chi connectivity index (χ1n) is 10.7.